The fraction of sp³-hybridized carbons (Fsp3) is 0.583. The number of nitrogens with zero attached hydrogens (tertiary/aromatic N) is 2. The lowest BCUT2D eigenvalue weighted by atomic mass is 9.84. The molecule has 0 unspecified atom stereocenters. The number of dihydropyridines is 1. The van der Waals surface area contributed by atoms with Crippen LogP contribution in [0.4, 0.5) is 0 Å². The van der Waals surface area contributed by atoms with Crippen LogP contribution in [0, 0.1) is 0 Å². The van der Waals surface area contributed by atoms with Crippen molar-refractivity contribution in [2.45, 2.75) is 52.0 Å². The minimum atomic E-state index is 1.08. The number of piperazine rings is 1. The number of hydrogen-bond donors (Lipinski definition) is 1. The molecule has 0 radical (unpaired) electrons. The second-order valence-electron chi connectivity index (χ2n) is 8.78. The van der Waals surface area contributed by atoms with Gasteiger partial charge in [0.2, 0.25) is 0 Å². The van der Waals surface area contributed by atoms with Crippen LogP contribution in [0.5, 0.6) is 0 Å². The summed E-state index contributed by atoms with van der Waals surface area (Å²) in [5, 5.41) is 3.76. The van der Waals surface area contributed by atoms with Gasteiger partial charge in [0.05, 0.1) is 0 Å². The van der Waals surface area contributed by atoms with E-state index < -0.39 is 0 Å². The minimum Gasteiger partial charge on any atom is -0.381 e. The molecule has 3 heteroatoms. The zero-order chi connectivity index (χ0) is 18.2. The van der Waals surface area contributed by atoms with Crippen molar-refractivity contribution in [3.05, 3.63) is 51.6 Å². The van der Waals surface area contributed by atoms with Gasteiger partial charge in [0.25, 0.3) is 0 Å². The number of hydrogen-bond acceptors (Lipinski definition) is 3. The SMILES string of the molecule is CCCN1CCN(Cc2ccc3c(c2)CC2=C3NCC3=C2CCCC3)CC1. The molecule has 0 aromatic heterocycles. The Morgan fingerprint density at radius 3 is 2.63 bits per heavy atom. The first kappa shape index (κ1) is 17.5. The van der Waals surface area contributed by atoms with Gasteiger partial charge in [-0.25, -0.2) is 0 Å². The molecule has 0 amide bonds. The van der Waals surface area contributed by atoms with Crippen LogP contribution in [0.15, 0.2) is 34.9 Å². The third-order valence-electron chi connectivity index (χ3n) is 6.94. The summed E-state index contributed by atoms with van der Waals surface area (Å²) >= 11 is 0. The molecule has 1 N–H and O–H groups in total. The van der Waals surface area contributed by atoms with Crippen LogP contribution >= 0.6 is 0 Å². The Hall–Kier alpha value is -1.58. The maximum Gasteiger partial charge on any atom is 0.0458 e. The monoisotopic (exact) mass is 363 g/mol. The first-order valence-electron chi connectivity index (χ1n) is 11.1. The third kappa shape index (κ3) is 3.36. The summed E-state index contributed by atoms with van der Waals surface area (Å²) in [6.45, 7) is 10.6. The van der Waals surface area contributed by atoms with Crippen LogP contribution in [0.3, 0.4) is 0 Å². The molecular weight excluding hydrogens is 330 g/mol. The molecule has 1 aromatic carbocycles. The van der Waals surface area contributed by atoms with Crippen LogP contribution < -0.4 is 5.32 Å². The van der Waals surface area contributed by atoms with Gasteiger partial charge in [-0.2, -0.15) is 0 Å². The molecule has 0 bridgehead atoms. The number of rotatable bonds is 4. The van der Waals surface area contributed by atoms with Crippen molar-refractivity contribution in [3.8, 4) is 0 Å². The summed E-state index contributed by atoms with van der Waals surface area (Å²) in [6, 6.07) is 7.26. The Labute approximate surface area is 164 Å². The van der Waals surface area contributed by atoms with E-state index in [1.165, 1.54) is 81.7 Å². The Kier molecular flexibility index (Phi) is 4.83. The fourth-order valence-corrected chi connectivity index (χ4v) is 5.50. The largest absolute Gasteiger partial charge is 0.381 e. The van der Waals surface area contributed by atoms with Crippen LogP contribution in [-0.4, -0.2) is 49.1 Å². The molecule has 2 heterocycles. The summed E-state index contributed by atoms with van der Waals surface area (Å²) in [5.41, 5.74) is 11.0. The summed E-state index contributed by atoms with van der Waals surface area (Å²) in [7, 11) is 0. The van der Waals surface area contributed by atoms with E-state index >= 15 is 0 Å². The van der Waals surface area contributed by atoms with Gasteiger partial charge < -0.3 is 10.2 Å². The second-order valence-corrected chi connectivity index (χ2v) is 8.78. The highest BCUT2D eigenvalue weighted by Crippen LogP contribution is 2.42. The Balaban J connectivity index is 1.28. The predicted octanol–water partition coefficient (Wildman–Crippen LogP) is 3.96. The van der Waals surface area contributed by atoms with E-state index in [0.717, 1.165) is 19.5 Å². The average molecular weight is 364 g/mol. The summed E-state index contributed by atoms with van der Waals surface area (Å²) in [5.74, 6) is 0. The zero-order valence-corrected chi connectivity index (χ0v) is 16.8. The minimum absolute atomic E-state index is 1.08. The smallest absolute Gasteiger partial charge is 0.0458 e. The predicted molar refractivity (Wildman–Crippen MR) is 113 cm³/mol. The molecule has 3 nitrogen and oxygen atoms in total. The standard InChI is InChI=1S/C24H33N3/c1-2-9-26-10-12-27(13-11-26)17-18-7-8-22-20(14-18)15-23-21-6-4-3-5-19(21)16-25-24(22)23/h7-8,14,25H,2-6,9-13,15-17H2,1H3. The van der Waals surface area contributed by atoms with Crippen molar-refractivity contribution >= 4 is 5.70 Å². The molecule has 144 valence electrons. The van der Waals surface area contributed by atoms with Gasteiger partial charge in [-0.1, -0.05) is 25.1 Å². The van der Waals surface area contributed by atoms with E-state index in [-0.39, 0.29) is 0 Å². The van der Waals surface area contributed by atoms with Crippen LogP contribution in [0.2, 0.25) is 0 Å². The molecule has 27 heavy (non-hydrogen) atoms. The van der Waals surface area contributed by atoms with Gasteiger partial charge in [-0.15, -0.1) is 0 Å². The lowest BCUT2D eigenvalue weighted by Gasteiger charge is -2.34. The summed E-state index contributed by atoms with van der Waals surface area (Å²) in [6.07, 6.45) is 7.79. The van der Waals surface area contributed by atoms with Gasteiger partial charge >= 0.3 is 0 Å². The topological polar surface area (TPSA) is 18.5 Å². The van der Waals surface area contributed by atoms with Gasteiger partial charge in [0, 0.05) is 56.9 Å². The molecule has 2 aliphatic heterocycles. The Bertz CT molecular complexity index is 781. The number of benzene rings is 1. The van der Waals surface area contributed by atoms with E-state index in [0.29, 0.717) is 0 Å². The number of fused-ring (bicyclic) bond motifs is 3. The van der Waals surface area contributed by atoms with E-state index in [2.05, 4.69) is 40.2 Å². The van der Waals surface area contributed by atoms with Crippen LogP contribution in [0.25, 0.3) is 5.70 Å². The highest BCUT2D eigenvalue weighted by Gasteiger charge is 2.30. The van der Waals surface area contributed by atoms with Gasteiger partial charge in [-0.05, 0) is 66.5 Å². The van der Waals surface area contributed by atoms with E-state index in [9.17, 15) is 0 Å². The average Bonchev–Trinajstić information content (AvgIpc) is 3.08. The van der Waals surface area contributed by atoms with E-state index in [4.69, 9.17) is 0 Å². The van der Waals surface area contributed by atoms with E-state index in [1.807, 2.05) is 0 Å². The lowest BCUT2D eigenvalue weighted by molar-refractivity contribution is 0.127. The number of allylic oxidation sites excluding steroid dienone is 2. The molecule has 4 aliphatic rings. The first-order valence-corrected chi connectivity index (χ1v) is 11.1. The van der Waals surface area contributed by atoms with Crippen molar-refractivity contribution in [1.29, 1.82) is 0 Å². The first-order chi connectivity index (χ1) is 13.3. The van der Waals surface area contributed by atoms with Crippen molar-refractivity contribution in [2.24, 2.45) is 0 Å². The fourth-order valence-electron chi connectivity index (χ4n) is 5.50. The van der Waals surface area contributed by atoms with Crippen molar-refractivity contribution in [3.63, 3.8) is 0 Å². The second kappa shape index (κ2) is 7.44. The molecule has 0 spiro atoms. The third-order valence-corrected chi connectivity index (χ3v) is 6.94. The van der Waals surface area contributed by atoms with Crippen LogP contribution in [0.1, 0.15) is 55.7 Å². The maximum absolute atomic E-state index is 3.76. The van der Waals surface area contributed by atoms with Gasteiger partial charge in [0.1, 0.15) is 0 Å². The normalized spacial score (nSPS) is 23.1. The van der Waals surface area contributed by atoms with Crippen molar-refractivity contribution in [2.75, 3.05) is 39.3 Å². The molecule has 1 fully saturated rings. The molecule has 1 saturated heterocycles. The van der Waals surface area contributed by atoms with Crippen LogP contribution in [-0.2, 0) is 13.0 Å². The quantitative estimate of drug-likeness (QED) is 0.874. The summed E-state index contributed by atoms with van der Waals surface area (Å²) < 4.78 is 0. The molecular formula is C24H33N3. The highest BCUT2D eigenvalue weighted by molar-refractivity contribution is 5.80. The maximum atomic E-state index is 3.76. The van der Waals surface area contributed by atoms with E-state index in [1.54, 1.807) is 22.3 Å². The molecule has 1 aromatic rings. The lowest BCUT2D eigenvalue weighted by Crippen LogP contribution is -2.45. The van der Waals surface area contributed by atoms with Crippen molar-refractivity contribution < 1.29 is 0 Å². The molecule has 5 rings (SSSR count). The molecule has 2 aliphatic carbocycles. The highest BCUT2D eigenvalue weighted by atomic mass is 15.3. The summed E-state index contributed by atoms with van der Waals surface area (Å²) in [4.78, 5) is 5.24. The zero-order valence-electron chi connectivity index (χ0n) is 16.8. The Morgan fingerprint density at radius 1 is 0.963 bits per heavy atom. The number of nitrogens with one attached hydrogen (secondary N) is 1. The van der Waals surface area contributed by atoms with Gasteiger partial charge in [-0.3, -0.25) is 4.90 Å². The van der Waals surface area contributed by atoms with Crippen molar-refractivity contribution in [1.82, 2.24) is 15.1 Å². The molecule has 0 atom stereocenters. The molecule has 0 saturated carbocycles. The Morgan fingerprint density at radius 2 is 1.78 bits per heavy atom. The van der Waals surface area contributed by atoms with Gasteiger partial charge in [0.15, 0.2) is 0 Å².